The number of carbonyl (C=O) groups excluding carboxylic acids is 1. The van der Waals surface area contributed by atoms with E-state index in [0.29, 0.717) is 5.46 Å². The fourth-order valence-corrected chi connectivity index (χ4v) is 3.20. The van der Waals surface area contributed by atoms with Crippen molar-refractivity contribution in [1.29, 1.82) is 0 Å². The van der Waals surface area contributed by atoms with Gasteiger partial charge in [0.2, 0.25) is 5.91 Å². The summed E-state index contributed by atoms with van der Waals surface area (Å²) < 4.78 is 0. The van der Waals surface area contributed by atoms with Crippen LogP contribution in [0.15, 0.2) is 18.2 Å². The summed E-state index contributed by atoms with van der Waals surface area (Å²) in [6.07, 6.45) is 4.21. The third-order valence-corrected chi connectivity index (χ3v) is 4.37. The smallest absolute Gasteiger partial charge is 0.235 e. The molecule has 1 saturated carbocycles. The van der Waals surface area contributed by atoms with E-state index in [2.05, 4.69) is 12.2 Å². The molecule has 0 aromatic heterocycles. The van der Waals surface area contributed by atoms with E-state index in [-0.39, 0.29) is 11.3 Å². The SMILES string of the molecule is [B]c1ccc2c(c1)NC(=O)C21CCC(C)CC1. The van der Waals surface area contributed by atoms with Gasteiger partial charge in [-0.2, -0.15) is 0 Å². The number of hydrogen-bond acceptors (Lipinski definition) is 1. The van der Waals surface area contributed by atoms with Crippen LogP contribution >= 0.6 is 0 Å². The summed E-state index contributed by atoms with van der Waals surface area (Å²) in [7, 11) is 5.77. The van der Waals surface area contributed by atoms with E-state index in [1.807, 2.05) is 18.2 Å². The van der Waals surface area contributed by atoms with Crippen LogP contribution in [0.3, 0.4) is 0 Å². The maximum Gasteiger partial charge on any atom is 0.235 e. The van der Waals surface area contributed by atoms with Crippen molar-refractivity contribution < 1.29 is 4.79 Å². The molecule has 1 aliphatic heterocycles. The lowest BCUT2D eigenvalue weighted by Crippen LogP contribution is -2.37. The fourth-order valence-electron chi connectivity index (χ4n) is 3.20. The average Bonchev–Trinajstić information content (AvgIpc) is 2.55. The van der Waals surface area contributed by atoms with E-state index < -0.39 is 0 Å². The molecule has 1 aliphatic carbocycles. The summed E-state index contributed by atoms with van der Waals surface area (Å²) in [6, 6.07) is 5.80. The van der Waals surface area contributed by atoms with E-state index in [1.54, 1.807) is 0 Å². The average molecular weight is 225 g/mol. The highest BCUT2D eigenvalue weighted by atomic mass is 16.2. The lowest BCUT2D eigenvalue weighted by atomic mass is 9.67. The minimum Gasteiger partial charge on any atom is -0.325 e. The summed E-state index contributed by atoms with van der Waals surface area (Å²) in [5.41, 5.74) is 2.52. The van der Waals surface area contributed by atoms with Gasteiger partial charge in [-0.3, -0.25) is 4.79 Å². The van der Waals surface area contributed by atoms with Gasteiger partial charge in [-0.25, -0.2) is 0 Å². The maximum absolute atomic E-state index is 12.3. The van der Waals surface area contributed by atoms with Gasteiger partial charge in [-0.1, -0.05) is 24.5 Å². The molecule has 2 radical (unpaired) electrons. The number of anilines is 1. The summed E-state index contributed by atoms with van der Waals surface area (Å²) in [5.74, 6) is 0.913. The zero-order valence-corrected chi connectivity index (χ0v) is 10.1. The molecule has 1 fully saturated rings. The minimum atomic E-state index is -0.268. The standard InChI is InChI=1S/C14H16BNO/c1-9-4-6-14(7-5-9)11-3-2-10(15)8-12(11)16-13(14)17/h2-3,8-9H,4-7H2,1H3,(H,16,17). The predicted molar refractivity (Wildman–Crippen MR) is 69.8 cm³/mol. The normalized spacial score (nSPS) is 31.4. The molecular weight excluding hydrogens is 209 g/mol. The Labute approximate surface area is 103 Å². The molecule has 0 atom stereocenters. The van der Waals surface area contributed by atoms with Crippen LogP contribution in [0.4, 0.5) is 5.69 Å². The first-order chi connectivity index (χ1) is 8.12. The highest BCUT2D eigenvalue weighted by Crippen LogP contribution is 2.48. The van der Waals surface area contributed by atoms with Crippen LogP contribution in [0.25, 0.3) is 0 Å². The van der Waals surface area contributed by atoms with Crippen molar-refractivity contribution in [3.8, 4) is 0 Å². The third-order valence-electron chi connectivity index (χ3n) is 4.37. The highest BCUT2D eigenvalue weighted by molar-refractivity contribution is 6.33. The van der Waals surface area contributed by atoms with Crippen LogP contribution in [-0.2, 0) is 10.2 Å². The molecule has 1 spiro atoms. The molecule has 1 amide bonds. The van der Waals surface area contributed by atoms with Crippen molar-refractivity contribution in [1.82, 2.24) is 0 Å². The Hall–Kier alpha value is -1.25. The zero-order chi connectivity index (χ0) is 12.0. The lowest BCUT2D eigenvalue weighted by Gasteiger charge is -2.34. The second-order valence-electron chi connectivity index (χ2n) is 5.52. The first-order valence-corrected chi connectivity index (χ1v) is 6.33. The Bertz CT molecular complexity index is 475. The Morgan fingerprint density at radius 3 is 2.76 bits per heavy atom. The number of carbonyl (C=O) groups is 1. The fraction of sp³-hybridized carbons (Fsp3) is 0.500. The van der Waals surface area contributed by atoms with Gasteiger partial charge in [-0.15, -0.1) is 0 Å². The van der Waals surface area contributed by atoms with Gasteiger partial charge in [0.25, 0.3) is 0 Å². The molecule has 2 nitrogen and oxygen atoms in total. The molecule has 0 unspecified atom stereocenters. The quantitative estimate of drug-likeness (QED) is 0.671. The number of rotatable bonds is 0. The summed E-state index contributed by atoms with van der Waals surface area (Å²) in [6.45, 7) is 2.27. The number of amides is 1. The Kier molecular flexibility index (Phi) is 2.32. The van der Waals surface area contributed by atoms with E-state index in [1.165, 1.54) is 0 Å². The van der Waals surface area contributed by atoms with Crippen LogP contribution in [0.5, 0.6) is 0 Å². The van der Waals surface area contributed by atoms with Crippen LogP contribution in [-0.4, -0.2) is 13.8 Å². The topological polar surface area (TPSA) is 29.1 Å². The van der Waals surface area contributed by atoms with Gasteiger partial charge in [0.15, 0.2) is 0 Å². The van der Waals surface area contributed by atoms with Gasteiger partial charge < -0.3 is 5.32 Å². The van der Waals surface area contributed by atoms with Gasteiger partial charge in [0.1, 0.15) is 7.85 Å². The van der Waals surface area contributed by atoms with Gasteiger partial charge in [-0.05, 0) is 43.2 Å². The number of benzene rings is 1. The largest absolute Gasteiger partial charge is 0.325 e. The molecule has 1 heterocycles. The van der Waals surface area contributed by atoms with Crippen molar-refractivity contribution in [2.24, 2.45) is 5.92 Å². The second kappa shape index (κ2) is 3.62. The molecule has 1 aromatic carbocycles. The van der Waals surface area contributed by atoms with Crippen LogP contribution in [0, 0.1) is 5.92 Å². The van der Waals surface area contributed by atoms with Crippen molar-refractivity contribution in [2.75, 3.05) is 5.32 Å². The molecule has 3 rings (SSSR count). The maximum atomic E-state index is 12.3. The van der Waals surface area contributed by atoms with Crippen LogP contribution < -0.4 is 10.8 Å². The molecule has 0 saturated heterocycles. The van der Waals surface area contributed by atoms with Crippen molar-refractivity contribution in [3.05, 3.63) is 23.8 Å². The first-order valence-electron chi connectivity index (χ1n) is 6.33. The van der Waals surface area contributed by atoms with Crippen molar-refractivity contribution in [2.45, 2.75) is 38.0 Å². The Morgan fingerprint density at radius 1 is 1.35 bits per heavy atom. The monoisotopic (exact) mass is 225 g/mol. The first kappa shape index (κ1) is 10.9. The summed E-state index contributed by atoms with van der Waals surface area (Å²) in [4.78, 5) is 12.3. The van der Waals surface area contributed by atoms with E-state index in [4.69, 9.17) is 7.85 Å². The highest BCUT2D eigenvalue weighted by Gasteiger charge is 2.47. The molecule has 3 heteroatoms. The number of nitrogens with one attached hydrogen (secondary N) is 1. The number of hydrogen-bond donors (Lipinski definition) is 1. The van der Waals surface area contributed by atoms with Crippen LogP contribution in [0.2, 0.25) is 0 Å². The second-order valence-corrected chi connectivity index (χ2v) is 5.52. The van der Waals surface area contributed by atoms with Crippen molar-refractivity contribution in [3.63, 3.8) is 0 Å². The third kappa shape index (κ3) is 1.52. The molecular formula is C14H16BNO. The molecule has 0 bridgehead atoms. The van der Waals surface area contributed by atoms with Gasteiger partial charge >= 0.3 is 0 Å². The van der Waals surface area contributed by atoms with Gasteiger partial charge in [0.05, 0.1) is 5.41 Å². The van der Waals surface area contributed by atoms with E-state index >= 15 is 0 Å². The molecule has 2 aliphatic rings. The van der Waals surface area contributed by atoms with Crippen molar-refractivity contribution >= 4 is 24.9 Å². The Balaban J connectivity index is 2.05. The summed E-state index contributed by atoms with van der Waals surface area (Å²) in [5, 5.41) is 2.99. The van der Waals surface area contributed by atoms with E-state index in [9.17, 15) is 4.79 Å². The van der Waals surface area contributed by atoms with E-state index in [0.717, 1.165) is 42.9 Å². The molecule has 1 aromatic rings. The molecule has 86 valence electrons. The lowest BCUT2D eigenvalue weighted by molar-refractivity contribution is -0.122. The zero-order valence-electron chi connectivity index (χ0n) is 10.1. The van der Waals surface area contributed by atoms with Crippen LogP contribution in [0.1, 0.15) is 38.2 Å². The predicted octanol–water partition coefficient (Wildman–Crippen LogP) is 1.88. The Morgan fingerprint density at radius 2 is 2.06 bits per heavy atom. The summed E-state index contributed by atoms with van der Waals surface area (Å²) >= 11 is 0. The minimum absolute atomic E-state index is 0.171. The molecule has 1 N–H and O–H groups in total. The number of fused-ring (bicyclic) bond motifs is 2. The molecule has 17 heavy (non-hydrogen) atoms. The van der Waals surface area contributed by atoms with Gasteiger partial charge in [0, 0.05) is 5.69 Å².